The van der Waals surface area contributed by atoms with Crippen LogP contribution in [-0.2, 0) is 6.42 Å². The highest BCUT2D eigenvalue weighted by Crippen LogP contribution is 2.34. The molecule has 0 aliphatic carbocycles. The Labute approximate surface area is 160 Å². The maximum atomic E-state index is 5.90. The molecule has 0 unspecified atom stereocenters. The maximum absolute atomic E-state index is 5.90. The first kappa shape index (κ1) is 16.7. The van der Waals surface area contributed by atoms with E-state index in [0.717, 1.165) is 39.6 Å². The van der Waals surface area contributed by atoms with Gasteiger partial charge in [0.25, 0.3) is 0 Å². The Balaban J connectivity index is 1.91. The fourth-order valence-electron chi connectivity index (χ4n) is 3.60. The van der Waals surface area contributed by atoms with Crippen LogP contribution in [0.25, 0.3) is 21.9 Å². The van der Waals surface area contributed by atoms with Gasteiger partial charge in [-0.3, -0.25) is 0 Å². The molecule has 0 N–H and O–H groups in total. The van der Waals surface area contributed by atoms with Crippen molar-refractivity contribution in [2.75, 3.05) is 0 Å². The molecule has 4 aromatic carbocycles. The van der Waals surface area contributed by atoms with E-state index in [1.807, 2.05) is 30.3 Å². The van der Waals surface area contributed by atoms with Gasteiger partial charge >= 0.3 is 0 Å². The van der Waals surface area contributed by atoms with E-state index in [2.05, 4.69) is 66.4 Å². The van der Waals surface area contributed by atoms with Gasteiger partial charge in [-0.25, -0.2) is 0 Å². The second kappa shape index (κ2) is 7.25. The molecule has 0 aliphatic heterocycles. The van der Waals surface area contributed by atoms with Crippen molar-refractivity contribution < 1.29 is 0 Å². The predicted octanol–water partition coefficient (Wildman–Crippen LogP) is 6.06. The monoisotopic (exact) mass is 342 g/mol. The number of fused-ring (bicyclic) bond motifs is 1. The predicted molar refractivity (Wildman–Crippen MR) is 115 cm³/mol. The third-order valence-corrected chi connectivity index (χ3v) is 4.82. The summed E-state index contributed by atoms with van der Waals surface area (Å²) in [5.41, 5.74) is 6.10. The van der Waals surface area contributed by atoms with Crippen molar-refractivity contribution in [1.29, 1.82) is 0 Å². The highest BCUT2D eigenvalue weighted by molar-refractivity contribution is 5.99. The summed E-state index contributed by atoms with van der Waals surface area (Å²) in [5, 5.41) is 2.33. The second-order valence-corrected chi connectivity index (χ2v) is 6.54. The molecule has 0 heterocycles. The van der Waals surface area contributed by atoms with Crippen LogP contribution >= 0.6 is 0 Å². The minimum absolute atomic E-state index is 0.806. The van der Waals surface area contributed by atoms with Crippen molar-refractivity contribution >= 4 is 10.8 Å². The first-order valence-electron chi connectivity index (χ1n) is 8.92. The Morgan fingerprint density at radius 1 is 0.630 bits per heavy atom. The summed E-state index contributed by atoms with van der Waals surface area (Å²) < 4.78 is 0. The molecule has 0 aliphatic rings. The molecule has 0 bridgehead atoms. The van der Waals surface area contributed by atoms with Gasteiger partial charge in [-0.05, 0) is 46.0 Å². The topological polar surface area (TPSA) is 0 Å². The largest absolute Gasteiger partial charge is 0.115 e. The smallest absolute Gasteiger partial charge is 0.0336 e. The van der Waals surface area contributed by atoms with Crippen LogP contribution in [0.2, 0.25) is 0 Å². The van der Waals surface area contributed by atoms with Crippen LogP contribution in [-0.4, -0.2) is 0 Å². The third kappa shape index (κ3) is 3.22. The molecule has 4 rings (SSSR count). The van der Waals surface area contributed by atoms with Crippen LogP contribution in [0, 0.1) is 24.7 Å². The summed E-state index contributed by atoms with van der Waals surface area (Å²) in [6.45, 7) is 0. The van der Waals surface area contributed by atoms with Crippen LogP contribution in [0.5, 0.6) is 0 Å². The molecule has 0 nitrogen and oxygen atoms in total. The zero-order chi connectivity index (χ0) is 18.6. The van der Waals surface area contributed by atoms with Crippen molar-refractivity contribution in [3.63, 3.8) is 0 Å². The molecule has 0 saturated heterocycles. The lowest BCUT2D eigenvalue weighted by Gasteiger charge is -2.14. The van der Waals surface area contributed by atoms with Crippen molar-refractivity contribution in [2.45, 2.75) is 6.42 Å². The van der Waals surface area contributed by atoms with Gasteiger partial charge in [0.05, 0.1) is 0 Å². The van der Waals surface area contributed by atoms with E-state index < -0.39 is 0 Å². The van der Waals surface area contributed by atoms with E-state index in [-0.39, 0.29) is 0 Å². The first-order chi connectivity index (χ1) is 13.3. The van der Waals surface area contributed by atoms with Crippen LogP contribution < -0.4 is 0 Å². The molecule has 0 fully saturated rings. The molecule has 4 aromatic rings. The lowest BCUT2D eigenvalue weighted by Crippen LogP contribution is -1.96. The fourth-order valence-corrected chi connectivity index (χ4v) is 3.60. The van der Waals surface area contributed by atoms with Gasteiger partial charge in [0, 0.05) is 16.7 Å². The van der Waals surface area contributed by atoms with Gasteiger partial charge in [0.15, 0.2) is 0 Å². The zero-order valence-electron chi connectivity index (χ0n) is 14.9. The molecule has 27 heavy (non-hydrogen) atoms. The van der Waals surface area contributed by atoms with E-state index in [0.29, 0.717) is 0 Å². The van der Waals surface area contributed by atoms with Crippen molar-refractivity contribution in [3.05, 3.63) is 107 Å². The van der Waals surface area contributed by atoms with Crippen LogP contribution in [0.4, 0.5) is 0 Å². The van der Waals surface area contributed by atoms with Crippen LogP contribution in [0.3, 0.4) is 0 Å². The Morgan fingerprint density at radius 2 is 1.26 bits per heavy atom. The normalized spacial score (nSPS) is 10.3. The molecule has 0 spiro atoms. The zero-order valence-corrected chi connectivity index (χ0v) is 14.9. The summed E-state index contributed by atoms with van der Waals surface area (Å²) >= 11 is 0. The second-order valence-electron chi connectivity index (χ2n) is 6.54. The third-order valence-electron chi connectivity index (χ3n) is 4.82. The number of benzene rings is 4. The number of rotatable bonds is 3. The summed E-state index contributed by atoms with van der Waals surface area (Å²) in [5.74, 6) is 5.73. The Bertz CT molecular complexity index is 1160. The average molecular weight is 342 g/mol. The first-order valence-corrected chi connectivity index (χ1v) is 8.92. The highest BCUT2D eigenvalue weighted by atomic mass is 14.2. The fraction of sp³-hybridized carbons (Fsp3) is 0.0370. The molecule has 0 amide bonds. The van der Waals surface area contributed by atoms with E-state index in [1.54, 1.807) is 0 Å². The standard InChI is InChI=1S/C27H18/c1-3-22-18-21(17-20-11-6-5-7-12-20)19-23(4-2)27(22)26-16-10-14-24-13-8-9-15-25(24)26/h1-2,5-16,18-19H,17H2. The summed E-state index contributed by atoms with van der Waals surface area (Å²) in [7, 11) is 0. The molecule has 0 radical (unpaired) electrons. The number of terminal acetylenes is 2. The van der Waals surface area contributed by atoms with E-state index in [4.69, 9.17) is 12.8 Å². The number of hydrogen-bond acceptors (Lipinski definition) is 0. The Morgan fingerprint density at radius 3 is 1.96 bits per heavy atom. The summed E-state index contributed by atoms with van der Waals surface area (Å²) in [6.07, 6.45) is 12.6. The molecular weight excluding hydrogens is 324 g/mol. The molecule has 0 saturated carbocycles. The lowest BCUT2D eigenvalue weighted by atomic mass is 9.88. The van der Waals surface area contributed by atoms with Gasteiger partial charge in [0.2, 0.25) is 0 Å². The number of hydrogen-bond donors (Lipinski definition) is 0. The van der Waals surface area contributed by atoms with Gasteiger partial charge in [-0.1, -0.05) is 84.6 Å². The quantitative estimate of drug-likeness (QED) is 0.397. The molecule has 126 valence electrons. The van der Waals surface area contributed by atoms with Crippen molar-refractivity contribution in [2.24, 2.45) is 0 Å². The maximum Gasteiger partial charge on any atom is 0.0336 e. The highest BCUT2D eigenvalue weighted by Gasteiger charge is 2.13. The van der Waals surface area contributed by atoms with E-state index in [1.165, 1.54) is 10.9 Å². The van der Waals surface area contributed by atoms with Gasteiger partial charge in [-0.15, -0.1) is 12.8 Å². The summed E-state index contributed by atoms with van der Waals surface area (Å²) in [6, 6.07) is 29.1. The molecule has 0 atom stereocenters. The Kier molecular flexibility index (Phi) is 4.49. The van der Waals surface area contributed by atoms with Crippen molar-refractivity contribution in [3.8, 4) is 35.8 Å². The van der Waals surface area contributed by atoms with E-state index >= 15 is 0 Å². The minimum Gasteiger partial charge on any atom is -0.115 e. The van der Waals surface area contributed by atoms with E-state index in [9.17, 15) is 0 Å². The van der Waals surface area contributed by atoms with Crippen LogP contribution in [0.1, 0.15) is 22.3 Å². The minimum atomic E-state index is 0.806. The van der Waals surface area contributed by atoms with Crippen molar-refractivity contribution in [1.82, 2.24) is 0 Å². The van der Waals surface area contributed by atoms with Crippen LogP contribution in [0.15, 0.2) is 84.9 Å². The van der Waals surface area contributed by atoms with Gasteiger partial charge < -0.3 is 0 Å². The summed E-state index contributed by atoms with van der Waals surface area (Å²) in [4.78, 5) is 0. The molecular formula is C27H18. The Hall–Kier alpha value is -3.74. The molecule has 0 heteroatoms. The lowest BCUT2D eigenvalue weighted by molar-refractivity contribution is 1.19. The van der Waals surface area contributed by atoms with Gasteiger partial charge in [0.1, 0.15) is 0 Å². The average Bonchev–Trinajstić information content (AvgIpc) is 2.73. The molecule has 0 aromatic heterocycles. The van der Waals surface area contributed by atoms with Gasteiger partial charge in [-0.2, -0.15) is 0 Å². The SMILES string of the molecule is C#Cc1cc(Cc2ccccc2)cc(C#C)c1-c1cccc2ccccc12.